The largest absolute Gasteiger partial charge is 0.493 e. The van der Waals surface area contributed by atoms with Crippen molar-refractivity contribution < 1.29 is 28.9 Å². The number of aliphatic imine (C=N–C) groups is 1. The molecule has 10 nitrogen and oxygen atoms in total. The lowest BCUT2D eigenvalue weighted by atomic mass is 9.72. The Bertz CT molecular complexity index is 1300. The molecule has 3 aromatic rings. The summed E-state index contributed by atoms with van der Waals surface area (Å²) < 4.78 is 17.7. The number of nitrogens with zero attached hydrogens (tertiary/aromatic N) is 4. The van der Waals surface area contributed by atoms with Gasteiger partial charge in [0, 0.05) is 12.1 Å². The Morgan fingerprint density at radius 1 is 1.06 bits per heavy atom. The molecule has 10 heteroatoms. The van der Waals surface area contributed by atoms with Gasteiger partial charge < -0.3 is 19.3 Å². The third-order valence-electron chi connectivity index (χ3n) is 6.45. The molecule has 2 heterocycles. The predicted molar refractivity (Wildman–Crippen MR) is 125 cm³/mol. The Balaban J connectivity index is 1.46. The number of aromatic nitrogens is 3. The zero-order chi connectivity index (χ0) is 24.5. The normalized spacial score (nSPS) is 20.9. The van der Waals surface area contributed by atoms with Crippen molar-refractivity contribution in [1.29, 1.82) is 0 Å². The molecule has 1 aliphatic carbocycles. The highest BCUT2D eigenvalue weighted by Crippen LogP contribution is 2.44. The maximum Gasteiger partial charge on any atom is 0.341 e. The number of carboxylic acid groups (broad SMARTS) is 1. The quantitative estimate of drug-likeness (QED) is 0.551. The molecule has 3 atom stereocenters. The maximum absolute atomic E-state index is 13.6. The zero-order valence-corrected chi connectivity index (χ0v) is 19.2. The van der Waals surface area contributed by atoms with E-state index in [4.69, 9.17) is 24.3 Å². The number of ether oxygens (including phenoxy) is 3. The first-order valence-electron chi connectivity index (χ1n) is 11.1. The van der Waals surface area contributed by atoms with Gasteiger partial charge in [0.1, 0.15) is 17.9 Å². The summed E-state index contributed by atoms with van der Waals surface area (Å²) in [4.78, 5) is 33.3. The molecule has 1 N–H and O–H groups in total. The minimum atomic E-state index is -1.05. The van der Waals surface area contributed by atoms with Gasteiger partial charge in [-0.15, -0.1) is 0 Å². The van der Waals surface area contributed by atoms with Gasteiger partial charge >= 0.3 is 5.97 Å². The molecule has 3 unspecified atom stereocenters. The number of carboxylic acids is 1. The summed E-state index contributed by atoms with van der Waals surface area (Å²) in [6.45, 7) is -0.425. The van der Waals surface area contributed by atoms with Crippen LogP contribution in [0.5, 0.6) is 17.2 Å². The standard InChI is InChI=1S/C25H24N4O6/c1-33-20-8-5-15(11-21(20)34-2)16-9-18-23(19(30)10-16)24(29-25(28-18)26-13-27-29)14-3-6-17(7-4-14)35-12-22(31)32/h3-8,11,13,16,23-24H,9-10,12H2,1-2H3,(H,31,32). The van der Waals surface area contributed by atoms with Crippen LogP contribution >= 0.6 is 0 Å². The van der Waals surface area contributed by atoms with Crippen LogP contribution in [0.15, 0.2) is 53.8 Å². The molecule has 5 rings (SSSR count). The van der Waals surface area contributed by atoms with Crippen LogP contribution in [0, 0.1) is 5.92 Å². The average Bonchev–Trinajstić information content (AvgIpc) is 3.34. The highest BCUT2D eigenvalue weighted by Gasteiger charge is 2.44. The lowest BCUT2D eigenvalue weighted by molar-refractivity contribution is -0.139. The minimum absolute atomic E-state index is 0.0424. The van der Waals surface area contributed by atoms with Crippen molar-refractivity contribution in [3.8, 4) is 17.2 Å². The summed E-state index contributed by atoms with van der Waals surface area (Å²) in [6, 6.07) is 12.4. The Kier molecular flexibility index (Phi) is 5.94. The predicted octanol–water partition coefficient (Wildman–Crippen LogP) is 3.20. The van der Waals surface area contributed by atoms with Gasteiger partial charge in [-0.25, -0.2) is 14.5 Å². The molecule has 0 saturated heterocycles. The minimum Gasteiger partial charge on any atom is -0.493 e. The van der Waals surface area contributed by atoms with Crippen molar-refractivity contribution >= 4 is 23.4 Å². The summed E-state index contributed by atoms with van der Waals surface area (Å²) >= 11 is 0. The molecular formula is C25H24N4O6. The summed E-state index contributed by atoms with van der Waals surface area (Å²) in [6.07, 6.45) is 2.40. The van der Waals surface area contributed by atoms with E-state index in [1.807, 2.05) is 30.3 Å². The van der Waals surface area contributed by atoms with E-state index in [0.29, 0.717) is 36.0 Å². The number of carbonyl (C=O) groups excluding carboxylic acids is 1. The zero-order valence-electron chi connectivity index (χ0n) is 19.2. The second-order valence-corrected chi connectivity index (χ2v) is 8.47. The fourth-order valence-electron chi connectivity index (χ4n) is 4.85. The molecule has 2 aromatic carbocycles. The van der Waals surface area contributed by atoms with Gasteiger partial charge in [0.05, 0.1) is 26.2 Å². The number of carbonyl (C=O) groups is 2. The monoisotopic (exact) mass is 476 g/mol. The number of benzene rings is 2. The number of aliphatic carboxylic acids is 1. The van der Waals surface area contributed by atoms with Gasteiger partial charge in [-0.1, -0.05) is 18.2 Å². The van der Waals surface area contributed by atoms with Crippen LogP contribution in [-0.2, 0) is 9.59 Å². The molecular weight excluding hydrogens is 452 g/mol. The average molecular weight is 476 g/mol. The van der Waals surface area contributed by atoms with Gasteiger partial charge in [0.25, 0.3) is 0 Å². The van der Waals surface area contributed by atoms with E-state index in [1.165, 1.54) is 6.33 Å². The lowest BCUT2D eigenvalue weighted by Gasteiger charge is -2.37. The van der Waals surface area contributed by atoms with Crippen LogP contribution < -0.4 is 14.2 Å². The highest BCUT2D eigenvalue weighted by atomic mass is 16.5. The lowest BCUT2D eigenvalue weighted by Crippen LogP contribution is -2.41. The van der Waals surface area contributed by atoms with E-state index in [0.717, 1.165) is 16.8 Å². The van der Waals surface area contributed by atoms with E-state index in [2.05, 4.69) is 10.1 Å². The number of Topliss-reactive ketones (excluding diaryl/α,β-unsaturated/α-hetero) is 1. The van der Waals surface area contributed by atoms with E-state index in [-0.39, 0.29) is 11.7 Å². The first-order valence-corrected chi connectivity index (χ1v) is 11.1. The Hall–Kier alpha value is -4.21. The van der Waals surface area contributed by atoms with Crippen molar-refractivity contribution in [2.24, 2.45) is 10.9 Å². The second kappa shape index (κ2) is 9.21. The molecule has 35 heavy (non-hydrogen) atoms. The van der Waals surface area contributed by atoms with Crippen molar-refractivity contribution in [3.63, 3.8) is 0 Å². The Labute approximate surface area is 201 Å². The summed E-state index contributed by atoms with van der Waals surface area (Å²) in [5.74, 6) is 0.656. The van der Waals surface area contributed by atoms with Crippen LogP contribution in [-0.4, -0.2) is 58.2 Å². The molecule has 0 spiro atoms. The molecule has 1 fully saturated rings. The van der Waals surface area contributed by atoms with Gasteiger partial charge in [0.2, 0.25) is 5.95 Å². The first kappa shape index (κ1) is 22.6. The van der Waals surface area contributed by atoms with Crippen LogP contribution in [0.3, 0.4) is 0 Å². The van der Waals surface area contributed by atoms with Crippen molar-refractivity contribution in [1.82, 2.24) is 14.8 Å². The number of rotatable bonds is 7. The Morgan fingerprint density at radius 3 is 2.51 bits per heavy atom. The van der Waals surface area contributed by atoms with Crippen molar-refractivity contribution in [2.45, 2.75) is 24.8 Å². The number of hydrogen-bond acceptors (Lipinski definition) is 8. The number of hydrogen-bond donors (Lipinski definition) is 1. The van der Waals surface area contributed by atoms with E-state index in [9.17, 15) is 9.59 Å². The summed E-state index contributed by atoms with van der Waals surface area (Å²) in [5, 5.41) is 13.2. The summed E-state index contributed by atoms with van der Waals surface area (Å²) in [5.41, 5.74) is 2.60. The topological polar surface area (TPSA) is 125 Å². The fourth-order valence-corrected chi connectivity index (χ4v) is 4.85. The smallest absolute Gasteiger partial charge is 0.341 e. The Morgan fingerprint density at radius 2 is 1.80 bits per heavy atom. The molecule has 1 saturated carbocycles. The van der Waals surface area contributed by atoms with Gasteiger partial charge in [0.15, 0.2) is 18.1 Å². The van der Waals surface area contributed by atoms with Crippen LogP contribution in [0.2, 0.25) is 0 Å². The number of ketones is 1. The first-order chi connectivity index (χ1) is 17.0. The van der Waals surface area contributed by atoms with E-state index >= 15 is 0 Å². The molecule has 2 aliphatic rings. The van der Waals surface area contributed by atoms with Gasteiger partial charge in [-0.2, -0.15) is 10.1 Å². The second-order valence-electron chi connectivity index (χ2n) is 8.47. The SMILES string of the molecule is COc1ccc(C2CC(=O)C3C(=Nc4ncnn4C3c3ccc(OCC(=O)O)cc3)C2)cc1OC. The molecule has 0 amide bonds. The van der Waals surface area contributed by atoms with Crippen LogP contribution in [0.1, 0.15) is 35.9 Å². The van der Waals surface area contributed by atoms with Crippen molar-refractivity contribution in [3.05, 3.63) is 59.9 Å². The highest BCUT2D eigenvalue weighted by molar-refractivity contribution is 6.10. The maximum atomic E-state index is 13.6. The third kappa shape index (κ3) is 4.23. The van der Waals surface area contributed by atoms with Crippen molar-refractivity contribution in [2.75, 3.05) is 20.8 Å². The molecule has 0 bridgehead atoms. The number of methoxy groups -OCH3 is 2. The molecule has 0 radical (unpaired) electrons. The van der Waals surface area contributed by atoms with Crippen LogP contribution in [0.4, 0.5) is 5.95 Å². The molecule has 180 valence electrons. The summed E-state index contributed by atoms with van der Waals surface area (Å²) in [7, 11) is 3.18. The third-order valence-corrected chi connectivity index (χ3v) is 6.45. The van der Waals surface area contributed by atoms with Gasteiger partial charge in [-0.05, 0) is 47.7 Å². The van der Waals surface area contributed by atoms with Crippen LogP contribution in [0.25, 0.3) is 0 Å². The fraction of sp³-hybridized carbons (Fsp3) is 0.320. The molecule has 1 aromatic heterocycles. The number of fused-ring (bicyclic) bond motifs is 2. The van der Waals surface area contributed by atoms with E-state index < -0.39 is 24.5 Å². The molecule has 1 aliphatic heterocycles. The van der Waals surface area contributed by atoms with E-state index in [1.54, 1.807) is 31.0 Å². The van der Waals surface area contributed by atoms with Gasteiger partial charge in [-0.3, -0.25) is 4.79 Å².